The highest BCUT2D eigenvalue weighted by molar-refractivity contribution is 7.67. The molecule has 1 heterocycles. The predicted octanol–water partition coefficient (Wildman–Crippen LogP) is 6.27. The Morgan fingerprint density at radius 2 is 1.11 bits per heavy atom. The standard InChI is InChI=1S/C25H25OP/c1-18-16-22(26)17-19(2)27(18)25-23(20-10-5-3-6-11-20)14-9-15-24(25)21-12-7-4-8-13-21/h3-15,18-19H,16-17H2,1-2H3. The van der Waals surface area contributed by atoms with Crippen molar-refractivity contribution in [1.82, 2.24) is 0 Å². The lowest BCUT2D eigenvalue weighted by Gasteiger charge is -2.37. The second-order valence-corrected chi connectivity index (χ2v) is 10.5. The molecule has 1 nitrogen and oxygen atoms in total. The highest BCUT2D eigenvalue weighted by Crippen LogP contribution is 2.54. The van der Waals surface area contributed by atoms with Gasteiger partial charge in [-0.1, -0.05) is 101 Å². The Morgan fingerprint density at radius 3 is 1.56 bits per heavy atom. The van der Waals surface area contributed by atoms with Crippen LogP contribution < -0.4 is 5.30 Å². The summed E-state index contributed by atoms with van der Waals surface area (Å²) in [5.41, 5.74) is 6.03. The summed E-state index contributed by atoms with van der Waals surface area (Å²) >= 11 is 0. The summed E-state index contributed by atoms with van der Waals surface area (Å²) in [5, 5.41) is 1.47. The fourth-order valence-electron chi connectivity index (χ4n) is 4.34. The number of carbonyl (C=O) groups excluding carboxylic acids is 1. The largest absolute Gasteiger partial charge is 0.300 e. The molecule has 4 rings (SSSR count). The van der Waals surface area contributed by atoms with Crippen LogP contribution in [0.5, 0.6) is 0 Å². The maximum absolute atomic E-state index is 12.2. The van der Waals surface area contributed by atoms with Crippen molar-refractivity contribution in [1.29, 1.82) is 0 Å². The zero-order valence-electron chi connectivity index (χ0n) is 15.9. The number of benzene rings is 3. The van der Waals surface area contributed by atoms with Crippen molar-refractivity contribution >= 4 is 19.0 Å². The van der Waals surface area contributed by atoms with Crippen LogP contribution in [0.2, 0.25) is 0 Å². The molecular formula is C25H25OP. The molecule has 1 aliphatic rings. The molecule has 0 saturated carbocycles. The molecule has 0 radical (unpaired) electrons. The van der Waals surface area contributed by atoms with Gasteiger partial charge in [0.05, 0.1) is 0 Å². The molecule has 3 aromatic carbocycles. The first kappa shape index (κ1) is 18.1. The number of hydrogen-bond acceptors (Lipinski definition) is 1. The molecule has 2 heteroatoms. The van der Waals surface area contributed by atoms with Crippen molar-refractivity contribution in [3.63, 3.8) is 0 Å². The minimum Gasteiger partial charge on any atom is -0.300 e. The highest BCUT2D eigenvalue weighted by Gasteiger charge is 2.35. The van der Waals surface area contributed by atoms with Gasteiger partial charge in [0.1, 0.15) is 5.78 Å². The van der Waals surface area contributed by atoms with Gasteiger partial charge >= 0.3 is 0 Å². The average Bonchev–Trinajstić information content (AvgIpc) is 2.69. The summed E-state index contributed by atoms with van der Waals surface area (Å²) in [6, 6.07) is 28.1. The Kier molecular flexibility index (Phi) is 5.23. The third kappa shape index (κ3) is 3.62. The predicted molar refractivity (Wildman–Crippen MR) is 117 cm³/mol. The molecule has 1 fully saturated rings. The van der Waals surface area contributed by atoms with Crippen LogP contribution in [0.4, 0.5) is 0 Å². The van der Waals surface area contributed by atoms with Gasteiger partial charge in [0.25, 0.3) is 0 Å². The Balaban J connectivity index is 1.95. The van der Waals surface area contributed by atoms with Gasteiger partial charge in [-0.2, -0.15) is 0 Å². The lowest BCUT2D eigenvalue weighted by Crippen LogP contribution is -2.30. The number of rotatable bonds is 3. The van der Waals surface area contributed by atoms with Crippen molar-refractivity contribution in [3.8, 4) is 22.3 Å². The Hall–Kier alpha value is -2.24. The van der Waals surface area contributed by atoms with E-state index in [2.05, 4.69) is 92.7 Å². The number of carbonyl (C=O) groups is 1. The van der Waals surface area contributed by atoms with Gasteiger partial charge in [-0.3, -0.25) is 4.79 Å². The molecule has 0 bridgehead atoms. The summed E-state index contributed by atoms with van der Waals surface area (Å²) < 4.78 is 0. The molecule has 1 saturated heterocycles. The minimum atomic E-state index is -0.426. The molecule has 0 aliphatic carbocycles. The summed E-state index contributed by atoms with van der Waals surface area (Å²) in [5.74, 6) is 0.423. The molecule has 0 N–H and O–H groups in total. The fraction of sp³-hybridized carbons (Fsp3) is 0.240. The second-order valence-electron chi connectivity index (χ2n) is 7.49. The average molecular weight is 372 g/mol. The summed E-state index contributed by atoms with van der Waals surface area (Å²) in [4.78, 5) is 12.2. The van der Waals surface area contributed by atoms with E-state index in [1.807, 2.05) is 0 Å². The summed E-state index contributed by atoms with van der Waals surface area (Å²) in [7, 11) is -0.426. The van der Waals surface area contributed by atoms with E-state index < -0.39 is 7.92 Å². The van der Waals surface area contributed by atoms with Crippen molar-refractivity contribution in [3.05, 3.63) is 78.9 Å². The Morgan fingerprint density at radius 1 is 0.667 bits per heavy atom. The van der Waals surface area contributed by atoms with E-state index in [4.69, 9.17) is 0 Å². The molecule has 1 aliphatic heterocycles. The summed E-state index contributed by atoms with van der Waals surface area (Å²) in [6.07, 6.45) is 1.43. The molecule has 3 aromatic rings. The van der Waals surface area contributed by atoms with Crippen LogP contribution in [0.25, 0.3) is 22.3 Å². The summed E-state index contributed by atoms with van der Waals surface area (Å²) in [6.45, 7) is 4.55. The van der Waals surface area contributed by atoms with Crippen molar-refractivity contribution in [2.75, 3.05) is 0 Å². The fourth-order valence-corrected chi connectivity index (χ4v) is 7.85. The topological polar surface area (TPSA) is 17.1 Å². The number of Topliss-reactive ketones (excluding diaryl/α,β-unsaturated/α-hetero) is 1. The van der Waals surface area contributed by atoms with Gasteiger partial charge in [0.15, 0.2) is 0 Å². The molecule has 0 spiro atoms. The molecule has 2 unspecified atom stereocenters. The van der Waals surface area contributed by atoms with Gasteiger partial charge in [0, 0.05) is 12.8 Å². The zero-order valence-corrected chi connectivity index (χ0v) is 16.8. The third-order valence-corrected chi connectivity index (χ3v) is 8.72. The van der Waals surface area contributed by atoms with Crippen molar-refractivity contribution in [2.24, 2.45) is 0 Å². The number of ketones is 1. The Bertz CT molecular complexity index is 861. The van der Waals surface area contributed by atoms with Crippen LogP contribution in [0.1, 0.15) is 26.7 Å². The van der Waals surface area contributed by atoms with Gasteiger partial charge in [0.2, 0.25) is 0 Å². The van der Waals surface area contributed by atoms with Gasteiger partial charge in [-0.15, -0.1) is 0 Å². The Labute approximate surface area is 163 Å². The SMILES string of the molecule is CC1CC(=O)CC(C)P1c1c(-c2ccccc2)cccc1-c1ccccc1. The van der Waals surface area contributed by atoms with E-state index in [0.717, 1.165) is 0 Å². The lowest BCUT2D eigenvalue weighted by atomic mass is 9.99. The molecule has 0 aromatic heterocycles. The van der Waals surface area contributed by atoms with Gasteiger partial charge in [-0.25, -0.2) is 0 Å². The normalized spacial score (nSPS) is 22.6. The lowest BCUT2D eigenvalue weighted by molar-refractivity contribution is -0.119. The van der Waals surface area contributed by atoms with E-state index in [0.29, 0.717) is 29.9 Å². The maximum Gasteiger partial charge on any atom is 0.134 e. The molecule has 2 atom stereocenters. The smallest absolute Gasteiger partial charge is 0.134 e. The quantitative estimate of drug-likeness (QED) is 0.495. The molecule has 136 valence electrons. The third-order valence-electron chi connectivity index (χ3n) is 5.46. The minimum absolute atomic E-state index is 0.420. The molecular weight excluding hydrogens is 347 g/mol. The maximum atomic E-state index is 12.2. The van der Waals surface area contributed by atoms with Crippen LogP contribution >= 0.6 is 7.92 Å². The van der Waals surface area contributed by atoms with Crippen LogP contribution in [-0.2, 0) is 4.79 Å². The highest BCUT2D eigenvalue weighted by atomic mass is 31.1. The van der Waals surface area contributed by atoms with Crippen LogP contribution in [0.15, 0.2) is 78.9 Å². The monoisotopic (exact) mass is 372 g/mol. The second kappa shape index (κ2) is 7.79. The molecule has 27 heavy (non-hydrogen) atoms. The van der Waals surface area contributed by atoms with Crippen LogP contribution in [0.3, 0.4) is 0 Å². The van der Waals surface area contributed by atoms with Crippen molar-refractivity contribution < 1.29 is 4.79 Å². The van der Waals surface area contributed by atoms with Crippen molar-refractivity contribution in [2.45, 2.75) is 38.0 Å². The first-order valence-electron chi connectivity index (χ1n) is 9.69. The van der Waals surface area contributed by atoms with E-state index in [1.165, 1.54) is 27.6 Å². The van der Waals surface area contributed by atoms with Crippen LogP contribution in [-0.4, -0.2) is 17.1 Å². The van der Waals surface area contributed by atoms with E-state index in [9.17, 15) is 4.79 Å². The van der Waals surface area contributed by atoms with Gasteiger partial charge < -0.3 is 0 Å². The first-order valence-corrected chi connectivity index (χ1v) is 11.2. The van der Waals surface area contributed by atoms with Gasteiger partial charge in [-0.05, 0) is 38.9 Å². The van der Waals surface area contributed by atoms with E-state index in [1.54, 1.807) is 0 Å². The first-order chi connectivity index (χ1) is 13.1. The molecule has 0 amide bonds. The zero-order chi connectivity index (χ0) is 18.8. The van der Waals surface area contributed by atoms with E-state index in [-0.39, 0.29) is 0 Å². The van der Waals surface area contributed by atoms with E-state index >= 15 is 0 Å². The van der Waals surface area contributed by atoms with Crippen LogP contribution in [0, 0.1) is 0 Å². The number of hydrogen-bond donors (Lipinski definition) is 0.